The third-order valence-electron chi connectivity index (χ3n) is 4.67. The van der Waals surface area contributed by atoms with Crippen LogP contribution in [-0.2, 0) is 22.4 Å². The summed E-state index contributed by atoms with van der Waals surface area (Å²) in [7, 11) is 0. The minimum absolute atomic E-state index is 0.0114. The first-order valence-corrected chi connectivity index (χ1v) is 10.1. The number of carbonyl (C=O) groups is 2. The van der Waals surface area contributed by atoms with Crippen LogP contribution < -0.4 is 5.32 Å². The molecule has 3 N–H and O–H groups in total. The molecule has 0 fully saturated rings. The number of benzene rings is 2. The SMILES string of the molecule is CC(C)(C)OC(=O)N[C@@H](Cc1ccccc1)[C@@H](O)C[C@H](Cc1ccccc1)C(=O)O. The van der Waals surface area contributed by atoms with Crippen molar-refractivity contribution >= 4 is 12.1 Å². The van der Waals surface area contributed by atoms with Crippen molar-refractivity contribution < 1.29 is 24.5 Å². The predicted octanol–water partition coefficient (Wildman–Crippen LogP) is 3.82. The number of alkyl carbamates (subject to hydrolysis) is 1. The summed E-state index contributed by atoms with van der Waals surface area (Å²) < 4.78 is 5.33. The fraction of sp³-hybridized carbons (Fsp3) is 0.417. The fourth-order valence-electron chi connectivity index (χ4n) is 3.24. The number of ether oxygens (including phenoxy) is 1. The molecule has 3 atom stereocenters. The van der Waals surface area contributed by atoms with E-state index in [1.807, 2.05) is 60.7 Å². The van der Waals surface area contributed by atoms with Crippen LogP contribution >= 0.6 is 0 Å². The number of hydrogen-bond acceptors (Lipinski definition) is 4. The van der Waals surface area contributed by atoms with Crippen LogP contribution in [0, 0.1) is 5.92 Å². The Morgan fingerprint density at radius 3 is 1.90 bits per heavy atom. The number of nitrogens with one attached hydrogen (secondary N) is 1. The molecule has 2 aromatic rings. The molecule has 0 radical (unpaired) electrons. The van der Waals surface area contributed by atoms with E-state index in [0.717, 1.165) is 11.1 Å². The van der Waals surface area contributed by atoms with Crippen LogP contribution in [0.15, 0.2) is 60.7 Å². The van der Waals surface area contributed by atoms with E-state index in [9.17, 15) is 19.8 Å². The second kappa shape index (κ2) is 10.8. The van der Waals surface area contributed by atoms with Gasteiger partial charge in [0.15, 0.2) is 0 Å². The van der Waals surface area contributed by atoms with Crippen molar-refractivity contribution in [3.05, 3.63) is 71.8 Å². The lowest BCUT2D eigenvalue weighted by Crippen LogP contribution is -2.47. The lowest BCUT2D eigenvalue weighted by atomic mass is 9.89. The molecule has 162 valence electrons. The molecule has 0 heterocycles. The summed E-state index contributed by atoms with van der Waals surface area (Å²) in [5.74, 6) is -1.75. The molecule has 0 aliphatic carbocycles. The van der Waals surface area contributed by atoms with Gasteiger partial charge < -0.3 is 20.3 Å². The molecule has 6 nitrogen and oxygen atoms in total. The monoisotopic (exact) mass is 413 g/mol. The van der Waals surface area contributed by atoms with Gasteiger partial charge >= 0.3 is 12.1 Å². The van der Waals surface area contributed by atoms with Gasteiger partial charge in [-0.15, -0.1) is 0 Å². The summed E-state index contributed by atoms with van der Waals surface area (Å²) >= 11 is 0. The van der Waals surface area contributed by atoms with Gasteiger partial charge in [0.2, 0.25) is 0 Å². The van der Waals surface area contributed by atoms with Crippen molar-refractivity contribution in [1.82, 2.24) is 5.32 Å². The van der Waals surface area contributed by atoms with Gasteiger partial charge in [0, 0.05) is 0 Å². The van der Waals surface area contributed by atoms with E-state index in [-0.39, 0.29) is 6.42 Å². The first-order valence-electron chi connectivity index (χ1n) is 10.1. The molecule has 1 amide bonds. The molecule has 0 aliphatic rings. The predicted molar refractivity (Wildman–Crippen MR) is 115 cm³/mol. The van der Waals surface area contributed by atoms with Crippen LogP contribution in [0.2, 0.25) is 0 Å². The average Bonchev–Trinajstić information content (AvgIpc) is 2.67. The van der Waals surface area contributed by atoms with Crippen LogP contribution in [0.5, 0.6) is 0 Å². The van der Waals surface area contributed by atoms with Gasteiger partial charge in [-0.05, 0) is 51.2 Å². The van der Waals surface area contributed by atoms with Crippen molar-refractivity contribution in [3.8, 4) is 0 Å². The molecule has 0 spiro atoms. The van der Waals surface area contributed by atoms with Crippen molar-refractivity contribution in [2.75, 3.05) is 0 Å². The number of carboxylic acid groups (broad SMARTS) is 1. The molecule has 2 aromatic carbocycles. The topological polar surface area (TPSA) is 95.9 Å². The Kier molecular flexibility index (Phi) is 8.42. The van der Waals surface area contributed by atoms with Crippen molar-refractivity contribution in [3.63, 3.8) is 0 Å². The molecule has 6 heteroatoms. The highest BCUT2D eigenvalue weighted by Gasteiger charge is 2.29. The lowest BCUT2D eigenvalue weighted by Gasteiger charge is -2.28. The number of aliphatic hydroxyl groups is 1. The maximum absolute atomic E-state index is 12.3. The van der Waals surface area contributed by atoms with E-state index in [4.69, 9.17) is 4.74 Å². The van der Waals surface area contributed by atoms with Gasteiger partial charge in [-0.3, -0.25) is 4.79 Å². The van der Waals surface area contributed by atoms with Crippen LogP contribution in [0.3, 0.4) is 0 Å². The fourth-order valence-corrected chi connectivity index (χ4v) is 3.24. The summed E-state index contributed by atoms with van der Waals surface area (Å²) in [6.45, 7) is 5.28. The van der Waals surface area contributed by atoms with Crippen molar-refractivity contribution in [2.45, 2.75) is 57.8 Å². The van der Waals surface area contributed by atoms with E-state index in [0.29, 0.717) is 12.8 Å². The zero-order chi connectivity index (χ0) is 22.1. The smallest absolute Gasteiger partial charge is 0.407 e. The maximum Gasteiger partial charge on any atom is 0.407 e. The second-order valence-electron chi connectivity index (χ2n) is 8.47. The van der Waals surface area contributed by atoms with Gasteiger partial charge in [-0.2, -0.15) is 0 Å². The highest BCUT2D eigenvalue weighted by Crippen LogP contribution is 2.19. The van der Waals surface area contributed by atoms with Gasteiger partial charge in [0.05, 0.1) is 18.1 Å². The summed E-state index contributed by atoms with van der Waals surface area (Å²) in [5, 5.41) is 23.3. The third-order valence-corrected chi connectivity index (χ3v) is 4.67. The van der Waals surface area contributed by atoms with E-state index in [1.54, 1.807) is 20.8 Å². The molecule has 0 bridgehead atoms. The Labute approximate surface area is 177 Å². The van der Waals surface area contributed by atoms with E-state index < -0.39 is 35.7 Å². The zero-order valence-corrected chi connectivity index (χ0v) is 17.7. The normalized spacial score (nSPS) is 14.4. The summed E-state index contributed by atoms with van der Waals surface area (Å²) in [5.41, 5.74) is 1.13. The van der Waals surface area contributed by atoms with E-state index in [2.05, 4.69) is 5.32 Å². The van der Waals surface area contributed by atoms with Gasteiger partial charge in [0.25, 0.3) is 0 Å². The van der Waals surface area contributed by atoms with Crippen molar-refractivity contribution in [2.24, 2.45) is 5.92 Å². The molecule has 30 heavy (non-hydrogen) atoms. The van der Waals surface area contributed by atoms with Crippen LogP contribution in [0.1, 0.15) is 38.3 Å². The van der Waals surface area contributed by atoms with Crippen molar-refractivity contribution in [1.29, 1.82) is 0 Å². The molecule has 0 unspecified atom stereocenters. The molecule has 2 rings (SSSR count). The number of carboxylic acids is 1. The number of amides is 1. The molecule has 0 aromatic heterocycles. The lowest BCUT2D eigenvalue weighted by molar-refractivity contribution is -0.143. The quantitative estimate of drug-likeness (QED) is 0.581. The summed E-state index contributed by atoms with van der Waals surface area (Å²) in [4.78, 5) is 24.1. The van der Waals surface area contributed by atoms with E-state index >= 15 is 0 Å². The number of carbonyl (C=O) groups excluding carboxylic acids is 1. The average molecular weight is 414 g/mol. The summed E-state index contributed by atoms with van der Waals surface area (Å²) in [6, 6.07) is 18.1. The van der Waals surface area contributed by atoms with Gasteiger partial charge in [0.1, 0.15) is 5.60 Å². The molecule has 0 saturated heterocycles. The number of hydrogen-bond donors (Lipinski definition) is 3. The Morgan fingerprint density at radius 1 is 0.933 bits per heavy atom. The first kappa shape index (κ1) is 23.4. The zero-order valence-electron chi connectivity index (χ0n) is 17.7. The third kappa shape index (κ3) is 8.25. The second-order valence-corrected chi connectivity index (χ2v) is 8.47. The summed E-state index contributed by atoms with van der Waals surface area (Å²) in [6.07, 6.45) is -1.02. The van der Waals surface area contributed by atoms with Gasteiger partial charge in [-0.25, -0.2) is 4.79 Å². The highest BCUT2D eigenvalue weighted by molar-refractivity contribution is 5.70. The van der Waals surface area contributed by atoms with E-state index in [1.165, 1.54) is 0 Å². The van der Waals surface area contributed by atoms with Crippen LogP contribution in [0.25, 0.3) is 0 Å². The molecular weight excluding hydrogens is 382 g/mol. The largest absolute Gasteiger partial charge is 0.481 e. The number of aliphatic hydroxyl groups excluding tert-OH is 1. The maximum atomic E-state index is 12.3. The van der Waals surface area contributed by atoms with Gasteiger partial charge in [-0.1, -0.05) is 60.7 Å². The Bertz CT molecular complexity index is 801. The molecular formula is C24H31NO5. The standard InChI is InChI=1S/C24H31NO5/c1-24(2,3)30-23(29)25-20(15-18-12-8-5-9-13-18)21(26)16-19(22(27)28)14-17-10-6-4-7-11-17/h4-13,19-21,26H,14-16H2,1-3H3,(H,25,29)(H,27,28)/t19-,20-,21-/m0/s1. The van der Waals surface area contributed by atoms with Crippen LogP contribution in [-0.4, -0.2) is 40.0 Å². The van der Waals surface area contributed by atoms with Crippen LogP contribution in [0.4, 0.5) is 4.79 Å². The molecule has 0 aliphatic heterocycles. The Morgan fingerprint density at radius 2 is 1.43 bits per heavy atom. The highest BCUT2D eigenvalue weighted by atomic mass is 16.6. The minimum atomic E-state index is -1.05. The number of rotatable bonds is 9. The minimum Gasteiger partial charge on any atom is -0.481 e. The Hall–Kier alpha value is -2.86. The molecule has 0 saturated carbocycles. The Balaban J connectivity index is 2.13. The number of aliphatic carboxylic acids is 1. The first-order chi connectivity index (χ1) is 14.1.